The first-order chi connectivity index (χ1) is 14.9. The largest absolute Gasteiger partial charge is 0.395 e. The van der Waals surface area contributed by atoms with E-state index >= 15 is 0 Å². The number of aliphatic hydroxyl groups excluding tert-OH is 1. The minimum absolute atomic E-state index is 0.0397. The summed E-state index contributed by atoms with van der Waals surface area (Å²) in [6.07, 6.45) is 9.94. The molecule has 1 N–H and O–H groups in total. The normalized spacial score (nSPS) is 37.1. The Morgan fingerprint density at radius 3 is 2.45 bits per heavy atom. The van der Waals surface area contributed by atoms with Crippen LogP contribution in [0.15, 0.2) is 24.3 Å². The average Bonchev–Trinajstić information content (AvgIpc) is 3.05. The molecule has 1 spiro atoms. The smallest absolute Gasteiger partial charge is 0.249 e. The number of hydrogen-bond acceptors (Lipinski definition) is 5. The molecule has 1 unspecified atom stereocenters. The molecule has 4 rings (SSSR count). The summed E-state index contributed by atoms with van der Waals surface area (Å²) in [6.45, 7) is 5.31. The monoisotopic (exact) mass is 431 g/mol. The van der Waals surface area contributed by atoms with Gasteiger partial charge in [-0.15, -0.1) is 0 Å². The highest BCUT2D eigenvalue weighted by atomic mass is 16.5. The summed E-state index contributed by atoms with van der Waals surface area (Å²) in [5, 5.41) is 9.66. The van der Waals surface area contributed by atoms with Crippen molar-refractivity contribution in [2.75, 3.05) is 39.8 Å². The quantitative estimate of drug-likeness (QED) is 0.621. The number of rotatable bonds is 6. The molecule has 0 aromatic rings. The predicted molar refractivity (Wildman–Crippen MR) is 114 cm³/mol. The van der Waals surface area contributed by atoms with E-state index < -0.39 is 29.1 Å². The van der Waals surface area contributed by atoms with Gasteiger partial charge in [-0.3, -0.25) is 14.4 Å². The van der Waals surface area contributed by atoms with Crippen LogP contribution in [0.4, 0.5) is 0 Å². The lowest BCUT2D eigenvalue weighted by atomic mass is 9.73. The maximum absolute atomic E-state index is 13.7. The fraction of sp³-hybridized carbons (Fsp3) is 0.696. The van der Waals surface area contributed by atoms with Crippen molar-refractivity contribution in [2.45, 2.75) is 50.4 Å². The maximum atomic E-state index is 13.7. The molecule has 5 atom stereocenters. The molecular formula is C23H33N3O5. The Morgan fingerprint density at radius 1 is 1.03 bits per heavy atom. The van der Waals surface area contributed by atoms with E-state index in [-0.39, 0.29) is 30.9 Å². The number of fused-ring (bicyclic) bond motifs is 2. The molecule has 0 aromatic carbocycles. The number of hydrogen-bond donors (Lipinski definition) is 1. The summed E-state index contributed by atoms with van der Waals surface area (Å²) in [5.74, 6) is -2.10. The SMILES string of the molecule is CCCCN1CC=C[C@]23O[C@@]4(CC)C=CCN(C)C(=O)[C@H]4[C@H]2C(=O)N(CCO)C3C1=O. The van der Waals surface area contributed by atoms with Crippen LogP contribution in [-0.4, -0.2) is 94.6 Å². The molecular weight excluding hydrogens is 398 g/mol. The summed E-state index contributed by atoms with van der Waals surface area (Å²) in [7, 11) is 1.73. The van der Waals surface area contributed by atoms with E-state index in [9.17, 15) is 19.5 Å². The molecule has 2 fully saturated rings. The van der Waals surface area contributed by atoms with Crippen molar-refractivity contribution in [1.82, 2.24) is 14.7 Å². The van der Waals surface area contributed by atoms with Gasteiger partial charge in [-0.2, -0.15) is 0 Å². The van der Waals surface area contributed by atoms with Crippen LogP contribution in [0.3, 0.4) is 0 Å². The average molecular weight is 432 g/mol. The second-order valence-corrected chi connectivity index (χ2v) is 9.04. The molecule has 0 aliphatic carbocycles. The van der Waals surface area contributed by atoms with Gasteiger partial charge in [0.25, 0.3) is 0 Å². The van der Waals surface area contributed by atoms with Crippen molar-refractivity contribution < 1.29 is 24.2 Å². The van der Waals surface area contributed by atoms with E-state index in [0.29, 0.717) is 26.1 Å². The summed E-state index contributed by atoms with van der Waals surface area (Å²) in [6, 6.07) is -0.880. The van der Waals surface area contributed by atoms with Gasteiger partial charge in [0.2, 0.25) is 17.7 Å². The van der Waals surface area contributed by atoms with Crippen LogP contribution in [0.25, 0.3) is 0 Å². The number of amides is 3. The zero-order valence-corrected chi connectivity index (χ0v) is 18.6. The van der Waals surface area contributed by atoms with Gasteiger partial charge in [0.1, 0.15) is 11.6 Å². The minimum Gasteiger partial charge on any atom is -0.395 e. The number of carbonyl (C=O) groups is 3. The third-order valence-electron chi connectivity index (χ3n) is 7.35. The van der Waals surface area contributed by atoms with Crippen LogP contribution in [0, 0.1) is 11.8 Å². The summed E-state index contributed by atoms with van der Waals surface area (Å²) < 4.78 is 6.75. The summed E-state index contributed by atoms with van der Waals surface area (Å²) >= 11 is 0. The van der Waals surface area contributed by atoms with E-state index in [1.165, 1.54) is 4.90 Å². The van der Waals surface area contributed by atoms with Crippen LogP contribution in [0.1, 0.15) is 33.1 Å². The first-order valence-electron chi connectivity index (χ1n) is 11.4. The molecule has 8 heteroatoms. The van der Waals surface area contributed by atoms with Crippen LogP contribution < -0.4 is 0 Å². The lowest BCUT2D eigenvalue weighted by molar-refractivity contribution is -0.154. The summed E-state index contributed by atoms with van der Waals surface area (Å²) in [5.41, 5.74) is -2.15. The first kappa shape index (κ1) is 22.0. The van der Waals surface area contributed by atoms with Gasteiger partial charge in [0.05, 0.1) is 24.0 Å². The Hall–Kier alpha value is -2.19. The van der Waals surface area contributed by atoms with Crippen LogP contribution in [-0.2, 0) is 19.1 Å². The molecule has 0 radical (unpaired) electrons. The number of nitrogens with zero attached hydrogens (tertiary/aromatic N) is 3. The Morgan fingerprint density at radius 2 is 1.77 bits per heavy atom. The molecule has 4 heterocycles. The van der Waals surface area contributed by atoms with Gasteiger partial charge in [0.15, 0.2) is 0 Å². The fourth-order valence-corrected chi connectivity index (χ4v) is 5.83. The van der Waals surface area contributed by atoms with Crippen LogP contribution in [0.5, 0.6) is 0 Å². The lowest BCUT2D eigenvalue weighted by Crippen LogP contribution is -2.56. The number of likely N-dealkylation sites (tertiary alicyclic amines) is 1. The molecule has 0 bridgehead atoms. The van der Waals surface area contributed by atoms with Crippen molar-refractivity contribution >= 4 is 17.7 Å². The number of likely N-dealkylation sites (N-methyl/N-ethyl adjacent to an activating group) is 1. The highest BCUT2D eigenvalue weighted by Crippen LogP contribution is 2.58. The van der Waals surface area contributed by atoms with Gasteiger partial charge < -0.3 is 24.5 Å². The van der Waals surface area contributed by atoms with Gasteiger partial charge in [-0.25, -0.2) is 0 Å². The van der Waals surface area contributed by atoms with Gasteiger partial charge in [-0.05, 0) is 12.8 Å². The molecule has 2 saturated heterocycles. The van der Waals surface area contributed by atoms with Crippen molar-refractivity contribution in [2.24, 2.45) is 11.8 Å². The van der Waals surface area contributed by atoms with E-state index in [2.05, 4.69) is 6.92 Å². The molecule has 0 saturated carbocycles. The third kappa shape index (κ3) is 3.06. The molecule has 3 amide bonds. The molecule has 170 valence electrons. The number of unbranched alkanes of at least 4 members (excludes halogenated alkanes) is 1. The number of aliphatic hydroxyl groups is 1. The fourth-order valence-electron chi connectivity index (χ4n) is 5.83. The second kappa shape index (κ2) is 8.06. The Bertz CT molecular complexity index is 826. The van der Waals surface area contributed by atoms with Gasteiger partial charge in [0, 0.05) is 33.2 Å². The lowest BCUT2D eigenvalue weighted by Gasteiger charge is -2.38. The highest BCUT2D eigenvalue weighted by molar-refractivity contribution is 6.00. The Labute approximate surface area is 183 Å². The van der Waals surface area contributed by atoms with Crippen molar-refractivity contribution in [1.29, 1.82) is 0 Å². The topological polar surface area (TPSA) is 90.4 Å². The van der Waals surface area contributed by atoms with E-state index in [1.807, 2.05) is 31.2 Å². The summed E-state index contributed by atoms with van der Waals surface area (Å²) in [4.78, 5) is 45.7. The van der Waals surface area contributed by atoms with E-state index in [0.717, 1.165) is 12.8 Å². The van der Waals surface area contributed by atoms with E-state index in [4.69, 9.17) is 4.74 Å². The first-order valence-corrected chi connectivity index (χ1v) is 11.4. The zero-order valence-electron chi connectivity index (χ0n) is 18.6. The number of carbonyl (C=O) groups excluding carboxylic acids is 3. The molecule has 4 aliphatic rings. The Balaban J connectivity index is 1.86. The Kier molecular flexibility index (Phi) is 5.72. The van der Waals surface area contributed by atoms with Gasteiger partial charge >= 0.3 is 0 Å². The number of β-amino-alcohol motifs (C(OH)–C–C–N with tert-alkyl or cyclic N) is 1. The predicted octanol–water partition coefficient (Wildman–Crippen LogP) is 0.566. The molecule has 0 aromatic heterocycles. The molecule has 8 nitrogen and oxygen atoms in total. The van der Waals surface area contributed by atoms with Crippen LogP contribution in [0.2, 0.25) is 0 Å². The molecule has 4 aliphatic heterocycles. The highest BCUT2D eigenvalue weighted by Gasteiger charge is 2.75. The maximum Gasteiger partial charge on any atom is 0.249 e. The minimum atomic E-state index is -1.22. The standard InChI is InChI=1S/C23H33N3O5/c1-4-6-12-25-13-8-10-23-17(20(29)26(14-15-27)18(23)21(25)30)16-19(28)24(3)11-7-9-22(16,5-2)31-23/h7-10,16-18,27H,4-6,11-15H2,1-3H3/t16-,17+,18?,22+,23+/m1/s1. The van der Waals surface area contributed by atoms with Crippen molar-refractivity contribution in [3.05, 3.63) is 24.3 Å². The molecule has 31 heavy (non-hydrogen) atoms. The third-order valence-corrected chi connectivity index (χ3v) is 7.35. The van der Waals surface area contributed by atoms with Gasteiger partial charge in [-0.1, -0.05) is 44.6 Å². The number of ether oxygens (including phenoxy) is 1. The second-order valence-electron chi connectivity index (χ2n) is 9.04. The van der Waals surface area contributed by atoms with Crippen molar-refractivity contribution in [3.63, 3.8) is 0 Å². The van der Waals surface area contributed by atoms with Crippen LogP contribution >= 0.6 is 0 Å². The van der Waals surface area contributed by atoms with Crippen molar-refractivity contribution in [3.8, 4) is 0 Å². The van der Waals surface area contributed by atoms with E-state index in [1.54, 1.807) is 16.8 Å². The zero-order chi connectivity index (χ0) is 22.4.